The lowest BCUT2D eigenvalue weighted by atomic mass is 10.2. The minimum absolute atomic E-state index is 0.0960. The van der Waals surface area contributed by atoms with Gasteiger partial charge in [-0.15, -0.1) is 0 Å². The second-order valence-corrected chi connectivity index (χ2v) is 6.54. The molecule has 0 saturated heterocycles. The van der Waals surface area contributed by atoms with E-state index in [1.165, 1.54) is 18.2 Å². The van der Waals surface area contributed by atoms with Crippen LogP contribution in [0.4, 0.5) is 4.39 Å². The highest BCUT2D eigenvalue weighted by molar-refractivity contribution is 7.89. The van der Waals surface area contributed by atoms with Crippen LogP contribution in [-0.2, 0) is 16.6 Å². The van der Waals surface area contributed by atoms with E-state index in [2.05, 4.69) is 4.72 Å². The lowest BCUT2D eigenvalue weighted by molar-refractivity contribution is 0.337. The molecule has 0 amide bonds. The molecule has 0 atom stereocenters. The summed E-state index contributed by atoms with van der Waals surface area (Å²) in [6.45, 7) is 4.06. The zero-order valence-electron chi connectivity index (χ0n) is 12.5. The van der Waals surface area contributed by atoms with Gasteiger partial charge in [0.1, 0.15) is 11.6 Å². The number of aryl methyl sites for hydroxylation is 1. The number of sulfonamides is 1. The highest BCUT2D eigenvalue weighted by Crippen LogP contribution is 2.22. The molecule has 0 heterocycles. The number of ether oxygens (including phenoxy) is 1. The van der Waals surface area contributed by atoms with Crippen LogP contribution >= 0.6 is 0 Å². The Morgan fingerprint density at radius 2 is 1.91 bits per heavy atom. The Morgan fingerprint density at radius 1 is 1.18 bits per heavy atom. The summed E-state index contributed by atoms with van der Waals surface area (Å²) in [6, 6.07) is 10.7. The summed E-state index contributed by atoms with van der Waals surface area (Å²) in [5, 5.41) is 0. The second kappa shape index (κ2) is 6.89. The van der Waals surface area contributed by atoms with Crippen molar-refractivity contribution in [2.24, 2.45) is 0 Å². The SMILES string of the molecule is CCOc1ccc(S(=O)(=O)NCc2ccccc2F)cc1C. The van der Waals surface area contributed by atoms with E-state index in [-0.39, 0.29) is 11.4 Å². The molecule has 1 N–H and O–H groups in total. The van der Waals surface area contributed by atoms with Gasteiger partial charge in [-0.3, -0.25) is 0 Å². The molecule has 4 nitrogen and oxygen atoms in total. The maximum Gasteiger partial charge on any atom is 0.240 e. The van der Waals surface area contributed by atoms with Crippen molar-refractivity contribution in [1.82, 2.24) is 4.72 Å². The Balaban J connectivity index is 2.17. The van der Waals surface area contributed by atoms with Crippen LogP contribution in [0.3, 0.4) is 0 Å². The number of hydrogen-bond donors (Lipinski definition) is 1. The van der Waals surface area contributed by atoms with Crippen molar-refractivity contribution in [2.75, 3.05) is 6.61 Å². The van der Waals surface area contributed by atoms with Gasteiger partial charge in [0.05, 0.1) is 11.5 Å². The van der Waals surface area contributed by atoms with Gasteiger partial charge in [0, 0.05) is 12.1 Å². The Morgan fingerprint density at radius 3 is 2.55 bits per heavy atom. The molecule has 6 heteroatoms. The van der Waals surface area contributed by atoms with Gasteiger partial charge < -0.3 is 4.74 Å². The standard InChI is InChI=1S/C16H18FNO3S/c1-3-21-16-9-8-14(10-12(16)2)22(19,20)18-11-13-6-4-5-7-15(13)17/h4-10,18H,3,11H2,1-2H3. The van der Waals surface area contributed by atoms with Crippen LogP contribution < -0.4 is 9.46 Å². The van der Waals surface area contributed by atoms with Gasteiger partial charge in [-0.1, -0.05) is 18.2 Å². The lowest BCUT2D eigenvalue weighted by Gasteiger charge is -2.11. The minimum atomic E-state index is -3.70. The van der Waals surface area contributed by atoms with Crippen molar-refractivity contribution in [3.05, 3.63) is 59.4 Å². The van der Waals surface area contributed by atoms with Crippen LogP contribution in [-0.4, -0.2) is 15.0 Å². The van der Waals surface area contributed by atoms with E-state index < -0.39 is 15.8 Å². The number of halogens is 1. The lowest BCUT2D eigenvalue weighted by Crippen LogP contribution is -2.23. The van der Waals surface area contributed by atoms with Gasteiger partial charge in [0.15, 0.2) is 0 Å². The third-order valence-electron chi connectivity index (χ3n) is 3.17. The normalized spacial score (nSPS) is 11.4. The minimum Gasteiger partial charge on any atom is -0.494 e. The first-order chi connectivity index (χ1) is 10.4. The fraction of sp³-hybridized carbons (Fsp3) is 0.250. The predicted molar refractivity (Wildman–Crippen MR) is 82.8 cm³/mol. The van der Waals surface area contributed by atoms with Crippen molar-refractivity contribution in [1.29, 1.82) is 0 Å². The van der Waals surface area contributed by atoms with Crippen molar-refractivity contribution in [3.63, 3.8) is 0 Å². The van der Waals surface area contributed by atoms with E-state index in [9.17, 15) is 12.8 Å². The van der Waals surface area contributed by atoms with Crippen LogP contribution in [0.15, 0.2) is 47.4 Å². The molecule has 0 fully saturated rings. The summed E-state index contributed by atoms with van der Waals surface area (Å²) in [7, 11) is -3.70. The maximum absolute atomic E-state index is 13.5. The molecule has 0 aliphatic rings. The molecule has 0 aromatic heterocycles. The fourth-order valence-electron chi connectivity index (χ4n) is 2.00. The van der Waals surface area contributed by atoms with Crippen LogP contribution in [0, 0.1) is 12.7 Å². The Labute approximate surface area is 130 Å². The maximum atomic E-state index is 13.5. The van der Waals surface area contributed by atoms with E-state index in [1.807, 2.05) is 6.92 Å². The Hall–Kier alpha value is -1.92. The van der Waals surface area contributed by atoms with Gasteiger partial charge in [-0.25, -0.2) is 17.5 Å². The molecule has 2 rings (SSSR count). The predicted octanol–water partition coefficient (Wildman–Crippen LogP) is 3.01. The second-order valence-electron chi connectivity index (χ2n) is 4.78. The molecule has 0 spiro atoms. The third kappa shape index (κ3) is 3.84. The van der Waals surface area contributed by atoms with Crippen molar-refractivity contribution >= 4 is 10.0 Å². The summed E-state index contributed by atoms with van der Waals surface area (Å²) in [4.78, 5) is 0.129. The quantitative estimate of drug-likeness (QED) is 0.889. The molecule has 0 radical (unpaired) electrons. The smallest absolute Gasteiger partial charge is 0.240 e. The van der Waals surface area contributed by atoms with Gasteiger partial charge in [0.2, 0.25) is 10.0 Å². The number of hydrogen-bond acceptors (Lipinski definition) is 3. The van der Waals surface area contributed by atoms with Crippen LogP contribution in [0.2, 0.25) is 0 Å². The molecule has 2 aromatic rings. The highest BCUT2D eigenvalue weighted by Gasteiger charge is 2.16. The first-order valence-electron chi connectivity index (χ1n) is 6.90. The van der Waals surface area contributed by atoms with Crippen molar-refractivity contribution in [3.8, 4) is 5.75 Å². The summed E-state index contributed by atoms with van der Waals surface area (Å²) in [5.41, 5.74) is 1.03. The van der Waals surface area contributed by atoms with Gasteiger partial charge in [-0.2, -0.15) is 0 Å². The van der Waals surface area contributed by atoms with Crippen molar-refractivity contribution in [2.45, 2.75) is 25.3 Å². The summed E-state index contributed by atoms with van der Waals surface area (Å²) >= 11 is 0. The first kappa shape index (κ1) is 16.5. The number of nitrogens with one attached hydrogen (secondary N) is 1. The highest BCUT2D eigenvalue weighted by atomic mass is 32.2. The van der Waals surface area contributed by atoms with Gasteiger partial charge in [-0.05, 0) is 43.7 Å². The fourth-order valence-corrected chi connectivity index (χ4v) is 3.10. The third-order valence-corrected chi connectivity index (χ3v) is 4.57. The molecule has 0 bridgehead atoms. The first-order valence-corrected chi connectivity index (χ1v) is 8.39. The van der Waals surface area contributed by atoms with Crippen LogP contribution in [0.25, 0.3) is 0 Å². The Bertz CT molecular complexity index is 760. The number of benzene rings is 2. The van der Waals surface area contributed by atoms with Gasteiger partial charge >= 0.3 is 0 Å². The zero-order valence-corrected chi connectivity index (χ0v) is 13.3. The van der Waals surface area contributed by atoms with Crippen molar-refractivity contribution < 1.29 is 17.5 Å². The average molecular weight is 323 g/mol. The van der Waals surface area contributed by atoms with E-state index in [1.54, 1.807) is 31.2 Å². The molecule has 118 valence electrons. The molecule has 22 heavy (non-hydrogen) atoms. The molecular weight excluding hydrogens is 305 g/mol. The van der Waals surface area contributed by atoms with E-state index in [0.29, 0.717) is 17.9 Å². The molecule has 0 aliphatic carbocycles. The van der Waals surface area contributed by atoms with E-state index in [0.717, 1.165) is 5.56 Å². The summed E-state index contributed by atoms with van der Waals surface area (Å²) in [5.74, 6) is 0.212. The van der Waals surface area contributed by atoms with Gasteiger partial charge in [0.25, 0.3) is 0 Å². The van der Waals surface area contributed by atoms with Crippen LogP contribution in [0.5, 0.6) is 5.75 Å². The topological polar surface area (TPSA) is 55.4 Å². The van der Waals surface area contributed by atoms with E-state index in [4.69, 9.17) is 4.74 Å². The number of rotatable bonds is 6. The average Bonchev–Trinajstić information content (AvgIpc) is 2.48. The zero-order chi connectivity index (χ0) is 16.2. The van der Waals surface area contributed by atoms with Crippen LogP contribution in [0.1, 0.15) is 18.1 Å². The molecule has 0 aliphatic heterocycles. The molecule has 0 unspecified atom stereocenters. The monoisotopic (exact) mass is 323 g/mol. The summed E-state index contributed by atoms with van der Waals surface area (Å²) in [6.07, 6.45) is 0. The molecular formula is C16H18FNO3S. The molecule has 2 aromatic carbocycles. The summed E-state index contributed by atoms with van der Waals surface area (Å²) < 4.78 is 45.8. The Kier molecular flexibility index (Phi) is 5.15. The largest absolute Gasteiger partial charge is 0.494 e. The molecule has 0 saturated carbocycles. The van der Waals surface area contributed by atoms with E-state index >= 15 is 0 Å².